The lowest BCUT2D eigenvalue weighted by atomic mass is 10.2. The molecule has 0 fully saturated rings. The van der Waals surface area contributed by atoms with Crippen LogP contribution < -0.4 is 0 Å². The van der Waals surface area contributed by atoms with E-state index in [1.807, 2.05) is 19.9 Å². The van der Waals surface area contributed by atoms with Gasteiger partial charge in [-0.1, -0.05) is 11.6 Å². The molecule has 0 heterocycles. The third kappa shape index (κ3) is 6.01. The lowest BCUT2D eigenvalue weighted by Crippen LogP contribution is -2.19. The summed E-state index contributed by atoms with van der Waals surface area (Å²) >= 11 is 0. The molecule has 0 saturated carbocycles. The van der Waals surface area contributed by atoms with Crippen molar-refractivity contribution in [3.05, 3.63) is 11.6 Å². The molecule has 1 N–H and O–H groups in total. The average molecular weight is 161 g/mol. The van der Waals surface area contributed by atoms with Crippen molar-refractivity contribution in [3.8, 4) is 0 Å². The standard InChI is InChI=1S/C8H16FNO/c1-3-8(2)4-5-10(9)6-7-11/h3,11H,4-7H2,1-2H3/b8-3+. The van der Waals surface area contributed by atoms with Crippen molar-refractivity contribution in [3.63, 3.8) is 0 Å². The molecule has 0 radical (unpaired) electrons. The fourth-order valence-electron chi connectivity index (χ4n) is 0.662. The summed E-state index contributed by atoms with van der Waals surface area (Å²) in [6.45, 7) is 4.26. The van der Waals surface area contributed by atoms with Crippen molar-refractivity contribution < 1.29 is 9.59 Å². The van der Waals surface area contributed by atoms with Gasteiger partial charge in [-0.3, -0.25) is 0 Å². The van der Waals surface area contributed by atoms with Gasteiger partial charge in [0, 0.05) is 6.54 Å². The Morgan fingerprint density at radius 3 is 2.64 bits per heavy atom. The minimum absolute atomic E-state index is 0.108. The highest BCUT2D eigenvalue weighted by molar-refractivity contribution is 4.95. The molecule has 0 aromatic carbocycles. The molecule has 0 amide bonds. The molecule has 0 saturated heterocycles. The van der Waals surface area contributed by atoms with Gasteiger partial charge in [-0.15, -0.1) is 9.60 Å². The van der Waals surface area contributed by atoms with Gasteiger partial charge in [0.15, 0.2) is 0 Å². The third-order valence-electron chi connectivity index (χ3n) is 1.58. The monoisotopic (exact) mass is 161 g/mol. The van der Waals surface area contributed by atoms with E-state index < -0.39 is 0 Å². The first kappa shape index (κ1) is 10.6. The Bertz CT molecular complexity index is 125. The molecule has 0 spiro atoms. The number of halogens is 1. The molecule has 0 aromatic heterocycles. The lowest BCUT2D eigenvalue weighted by Gasteiger charge is -2.09. The molecule has 66 valence electrons. The van der Waals surface area contributed by atoms with Gasteiger partial charge in [0.05, 0.1) is 13.2 Å². The van der Waals surface area contributed by atoms with E-state index in [-0.39, 0.29) is 13.2 Å². The van der Waals surface area contributed by atoms with Crippen LogP contribution in [0.3, 0.4) is 0 Å². The third-order valence-corrected chi connectivity index (χ3v) is 1.58. The molecule has 0 rings (SSSR count). The van der Waals surface area contributed by atoms with Crippen LogP contribution in [0, 0.1) is 0 Å². The van der Waals surface area contributed by atoms with E-state index in [0.717, 1.165) is 6.42 Å². The van der Waals surface area contributed by atoms with Crippen LogP contribution >= 0.6 is 0 Å². The molecule has 0 unspecified atom stereocenters. The number of allylic oxidation sites excluding steroid dienone is 1. The van der Waals surface area contributed by atoms with E-state index in [0.29, 0.717) is 11.7 Å². The highest BCUT2D eigenvalue weighted by atomic mass is 19.2. The van der Waals surface area contributed by atoms with Gasteiger partial charge < -0.3 is 5.11 Å². The summed E-state index contributed by atoms with van der Waals surface area (Å²) in [6, 6.07) is 0. The van der Waals surface area contributed by atoms with Gasteiger partial charge in [-0.05, 0) is 20.3 Å². The van der Waals surface area contributed by atoms with Crippen molar-refractivity contribution in [2.24, 2.45) is 0 Å². The Balaban J connectivity index is 3.37. The van der Waals surface area contributed by atoms with Gasteiger partial charge in [0.25, 0.3) is 0 Å². The Labute approximate surface area is 67.3 Å². The minimum atomic E-state index is -0.120. The van der Waals surface area contributed by atoms with Crippen molar-refractivity contribution in [1.29, 1.82) is 0 Å². The fourth-order valence-corrected chi connectivity index (χ4v) is 0.662. The molecule has 0 aliphatic heterocycles. The second kappa shape index (κ2) is 6.31. The van der Waals surface area contributed by atoms with Crippen LogP contribution in [0.2, 0.25) is 0 Å². The summed E-state index contributed by atoms with van der Waals surface area (Å²) in [5.74, 6) is 0. The molecule has 0 aliphatic carbocycles. The number of hydrogen-bond acceptors (Lipinski definition) is 2. The predicted molar refractivity (Wildman–Crippen MR) is 43.8 cm³/mol. The normalized spacial score (nSPS) is 12.6. The molecule has 0 aliphatic rings. The zero-order chi connectivity index (χ0) is 8.69. The van der Waals surface area contributed by atoms with E-state index in [2.05, 4.69) is 0 Å². The van der Waals surface area contributed by atoms with Crippen LogP contribution in [0.1, 0.15) is 20.3 Å². The van der Waals surface area contributed by atoms with E-state index >= 15 is 0 Å². The molecular formula is C8H16FNO. The van der Waals surface area contributed by atoms with Crippen LogP contribution in [0.25, 0.3) is 0 Å². The minimum Gasteiger partial charge on any atom is -0.395 e. The maximum Gasteiger partial charge on any atom is 0.0584 e. The summed E-state index contributed by atoms with van der Waals surface area (Å²) in [5.41, 5.74) is 1.17. The summed E-state index contributed by atoms with van der Waals surface area (Å²) in [6.07, 6.45) is 2.69. The topological polar surface area (TPSA) is 23.5 Å². The molecule has 2 nitrogen and oxygen atoms in total. The molecule has 0 atom stereocenters. The maximum absolute atomic E-state index is 12.5. The highest BCUT2D eigenvalue weighted by Gasteiger charge is 2.00. The van der Waals surface area contributed by atoms with Crippen LogP contribution in [0.5, 0.6) is 0 Å². The van der Waals surface area contributed by atoms with E-state index in [1.165, 1.54) is 5.57 Å². The number of aliphatic hydroxyl groups is 1. The second-order valence-corrected chi connectivity index (χ2v) is 2.52. The Morgan fingerprint density at radius 2 is 2.18 bits per heavy atom. The number of aliphatic hydroxyl groups excluding tert-OH is 1. The summed E-state index contributed by atoms with van der Waals surface area (Å²) in [4.78, 5) is 0. The Morgan fingerprint density at radius 1 is 1.55 bits per heavy atom. The zero-order valence-electron chi connectivity index (χ0n) is 7.18. The van der Waals surface area contributed by atoms with Crippen LogP contribution in [0.15, 0.2) is 11.6 Å². The van der Waals surface area contributed by atoms with Crippen molar-refractivity contribution >= 4 is 0 Å². The van der Waals surface area contributed by atoms with Crippen molar-refractivity contribution in [2.75, 3.05) is 19.7 Å². The van der Waals surface area contributed by atoms with Gasteiger partial charge in [-0.2, -0.15) is 0 Å². The first-order valence-electron chi connectivity index (χ1n) is 3.84. The quantitative estimate of drug-likeness (QED) is 0.488. The number of rotatable bonds is 5. The van der Waals surface area contributed by atoms with Crippen molar-refractivity contribution in [1.82, 2.24) is 5.12 Å². The molecule has 0 bridgehead atoms. The maximum atomic E-state index is 12.5. The summed E-state index contributed by atoms with van der Waals surface area (Å²) in [5, 5.41) is 8.99. The van der Waals surface area contributed by atoms with Crippen LogP contribution in [0.4, 0.5) is 4.48 Å². The first-order valence-corrected chi connectivity index (χ1v) is 3.84. The second-order valence-electron chi connectivity index (χ2n) is 2.52. The van der Waals surface area contributed by atoms with Gasteiger partial charge in [0.1, 0.15) is 0 Å². The van der Waals surface area contributed by atoms with Gasteiger partial charge in [-0.25, -0.2) is 0 Å². The average Bonchev–Trinajstić information content (AvgIpc) is 2.01. The van der Waals surface area contributed by atoms with E-state index in [4.69, 9.17) is 5.11 Å². The van der Waals surface area contributed by atoms with Crippen LogP contribution in [-0.4, -0.2) is 29.9 Å². The first-order chi connectivity index (χ1) is 5.20. The Hall–Kier alpha value is -0.410. The largest absolute Gasteiger partial charge is 0.395 e. The predicted octanol–water partition coefficient (Wildman–Crippen LogP) is 1.52. The Kier molecular flexibility index (Phi) is 6.07. The lowest BCUT2D eigenvalue weighted by molar-refractivity contribution is 0.0106. The molecule has 0 aromatic rings. The van der Waals surface area contributed by atoms with Crippen molar-refractivity contribution in [2.45, 2.75) is 20.3 Å². The molecule has 3 heteroatoms. The summed E-state index contributed by atoms with van der Waals surface area (Å²) in [7, 11) is 0. The fraction of sp³-hybridized carbons (Fsp3) is 0.750. The highest BCUT2D eigenvalue weighted by Crippen LogP contribution is 2.01. The summed E-state index contributed by atoms with van der Waals surface area (Å²) < 4.78 is 12.5. The van der Waals surface area contributed by atoms with Crippen LogP contribution in [-0.2, 0) is 0 Å². The molecular weight excluding hydrogens is 145 g/mol. The smallest absolute Gasteiger partial charge is 0.0584 e. The van der Waals surface area contributed by atoms with E-state index in [9.17, 15) is 4.48 Å². The zero-order valence-corrected chi connectivity index (χ0v) is 7.18. The van der Waals surface area contributed by atoms with Gasteiger partial charge in [0.2, 0.25) is 0 Å². The number of hydrogen-bond donors (Lipinski definition) is 1. The van der Waals surface area contributed by atoms with Gasteiger partial charge >= 0.3 is 0 Å². The number of nitrogens with zero attached hydrogens (tertiary/aromatic N) is 1. The SMILES string of the molecule is C/C=C(\C)CCN(F)CCO. The molecule has 11 heavy (non-hydrogen) atoms. The van der Waals surface area contributed by atoms with E-state index in [1.54, 1.807) is 0 Å².